The highest BCUT2D eigenvalue weighted by atomic mass is 32.2. The van der Waals surface area contributed by atoms with E-state index >= 15 is 0 Å². The highest BCUT2D eigenvalue weighted by Crippen LogP contribution is 2.25. The maximum absolute atomic E-state index is 12.6. The predicted octanol–water partition coefficient (Wildman–Crippen LogP) is 3.48. The van der Waals surface area contributed by atoms with Crippen LogP contribution in [0.15, 0.2) is 41.8 Å². The van der Waals surface area contributed by atoms with Crippen molar-refractivity contribution in [3.63, 3.8) is 0 Å². The lowest BCUT2D eigenvalue weighted by Gasteiger charge is -2.35. The number of methoxy groups -OCH3 is 1. The van der Waals surface area contributed by atoms with Gasteiger partial charge in [0.2, 0.25) is 5.91 Å². The van der Waals surface area contributed by atoms with Crippen LogP contribution in [-0.2, 0) is 4.79 Å². The van der Waals surface area contributed by atoms with E-state index in [9.17, 15) is 4.79 Å². The molecule has 0 radical (unpaired) electrons. The second kappa shape index (κ2) is 7.95. The molecule has 0 N–H and O–H groups in total. The predicted molar refractivity (Wildman–Crippen MR) is 100 cm³/mol. The lowest BCUT2D eigenvalue weighted by atomic mass is 9.92. The quantitative estimate of drug-likeness (QED) is 0.767. The van der Waals surface area contributed by atoms with Gasteiger partial charge in [-0.1, -0.05) is 25.6 Å². The molecule has 2 aromatic rings. The molecule has 0 saturated carbocycles. The van der Waals surface area contributed by atoms with Gasteiger partial charge in [-0.15, -0.1) is 0 Å². The minimum atomic E-state index is 0.202. The number of carbonyl (C=O) groups is 1. The molecule has 6 heteroatoms. The van der Waals surface area contributed by atoms with E-state index in [1.54, 1.807) is 13.3 Å². The largest absolute Gasteiger partial charge is 0.497 e. The first-order valence-electron chi connectivity index (χ1n) is 8.65. The molecule has 0 spiro atoms. The third-order valence-electron chi connectivity index (χ3n) is 4.50. The summed E-state index contributed by atoms with van der Waals surface area (Å²) in [6, 6.07) is 7.82. The maximum Gasteiger partial charge on any atom is 0.233 e. The molecule has 2 atom stereocenters. The summed E-state index contributed by atoms with van der Waals surface area (Å²) in [6.07, 6.45) is 4.89. The zero-order chi connectivity index (χ0) is 17.8. The maximum atomic E-state index is 12.6. The van der Waals surface area contributed by atoms with E-state index in [4.69, 9.17) is 4.74 Å². The minimum Gasteiger partial charge on any atom is -0.497 e. The number of rotatable bonds is 5. The van der Waals surface area contributed by atoms with Crippen LogP contribution in [0.4, 0.5) is 0 Å². The van der Waals surface area contributed by atoms with Gasteiger partial charge in [-0.25, -0.2) is 4.98 Å². The van der Waals surface area contributed by atoms with Gasteiger partial charge in [-0.05, 0) is 42.5 Å². The SMILES string of the molecule is COc1ccc(-n2ccnc2SCC(=O)N2CC(C)CC(C)C2)cc1. The molecule has 1 aromatic carbocycles. The van der Waals surface area contributed by atoms with E-state index in [1.165, 1.54) is 18.2 Å². The highest BCUT2D eigenvalue weighted by Gasteiger charge is 2.25. The summed E-state index contributed by atoms with van der Waals surface area (Å²) < 4.78 is 7.20. The third-order valence-corrected chi connectivity index (χ3v) is 5.46. The average Bonchev–Trinajstić information content (AvgIpc) is 3.07. The van der Waals surface area contributed by atoms with Crippen LogP contribution in [-0.4, -0.2) is 46.3 Å². The Bertz CT molecular complexity index is 704. The number of nitrogens with zero attached hydrogens (tertiary/aromatic N) is 3. The van der Waals surface area contributed by atoms with Crippen LogP contribution >= 0.6 is 11.8 Å². The summed E-state index contributed by atoms with van der Waals surface area (Å²) in [5.41, 5.74) is 1.01. The number of piperidine rings is 1. The number of likely N-dealkylation sites (tertiary alicyclic amines) is 1. The highest BCUT2D eigenvalue weighted by molar-refractivity contribution is 7.99. The van der Waals surface area contributed by atoms with Gasteiger partial charge in [0.15, 0.2) is 5.16 Å². The topological polar surface area (TPSA) is 47.4 Å². The summed E-state index contributed by atoms with van der Waals surface area (Å²) in [4.78, 5) is 19.0. The average molecular weight is 359 g/mol. The summed E-state index contributed by atoms with van der Waals surface area (Å²) >= 11 is 1.49. The third kappa shape index (κ3) is 4.37. The van der Waals surface area contributed by atoms with Crippen LogP contribution in [0.3, 0.4) is 0 Å². The second-order valence-electron chi connectivity index (χ2n) is 6.81. The number of amides is 1. The van der Waals surface area contributed by atoms with E-state index in [1.807, 2.05) is 39.9 Å². The van der Waals surface area contributed by atoms with E-state index in [2.05, 4.69) is 18.8 Å². The second-order valence-corrected chi connectivity index (χ2v) is 7.75. The molecule has 2 unspecified atom stereocenters. The van der Waals surface area contributed by atoms with Gasteiger partial charge in [0.1, 0.15) is 5.75 Å². The molecule has 1 amide bonds. The van der Waals surface area contributed by atoms with Crippen LogP contribution < -0.4 is 4.74 Å². The van der Waals surface area contributed by atoms with Gasteiger partial charge in [-0.2, -0.15) is 0 Å². The molecule has 2 heterocycles. The van der Waals surface area contributed by atoms with Crippen molar-refractivity contribution in [2.75, 3.05) is 26.0 Å². The number of hydrogen-bond donors (Lipinski definition) is 0. The van der Waals surface area contributed by atoms with Gasteiger partial charge in [0, 0.05) is 31.2 Å². The van der Waals surface area contributed by atoms with E-state index in [-0.39, 0.29) is 5.91 Å². The molecule has 0 bridgehead atoms. The number of imidazole rings is 1. The normalized spacial score (nSPS) is 20.5. The number of benzene rings is 1. The zero-order valence-electron chi connectivity index (χ0n) is 15.0. The Morgan fingerprint density at radius 3 is 2.56 bits per heavy atom. The molecular weight excluding hydrogens is 334 g/mol. The molecule has 1 aliphatic heterocycles. The van der Waals surface area contributed by atoms with Gasteiger partial charge in [0.25, 0.3) is 0 Å². The fourth-order valence-corrected chi connectivity index (χ4v) is 4.30. The number of carbonyl (C=O) groups excluding carboxylic acids is 1. The first kappa shape index (κ1) is 17.9. The molecular formula is C19H25N3O2S. The molecule has 134 valence electrons. The fraction of sp³-hybridized carbons (Fsp3) is 0.474. The van der Waals surface area contributed by atoms with E-state index in [0.29, 0.717) is 17.6 Å². The lowest BCUT2D eigenvalue weighted by molar-refractivity contribution is -0.130. The van der Waals surface area contributed by atoms with Crippen LogP contribution in [0.5, 0.6) is 5.75 Å². The number of ether oxygens (including phenoxy) is 1. The van der Waals surface area contributed by atoms with Crippen molar-refractivity contribution in [1.29, 1.82) is 0 Å². The van der Waals surface area contributed by atoms with Gasteiger partial charge in [0.05, 0.1) is 12.9 Å². The number of hydrogen-bond acceptors (Lipinski definition) is 4. The standard InChI is InChI=1S/C19H25N3O2S/c1-14-10-15(2)12-21(11-14)18(23)13-25-19-20-8-9-22(19)16-4-6-17(24-3)7-5-16/h4-9,14-15H,10-13H2,1-3H3. The van der Waals surface area contributed by atoms with Crippen molar-refractivity contribution in [2.24, 2.45) is 11.8 Å². The molecule has 3 rings (SSSR count). The van der Waals surface area contributed by atoms with E-state index < -0.39 is 0 Å². The molecule has 0 aliphatic carbocycles. The van der Waals surface area contributed by atoms with Crippen molar-refractivity contribution < 1.29 is 9.53 Å². The Hall–Kier alpha value is -1.95. The van der Waals surface area contributed by atoms with E-state index in [0.717, 1.165) is 29.7 Å². The van der Waals surface area contributed by atoms with Crippen molar-refractivity contribution in [1.82, 2.24) is 14.5 Å². The first-order chi connectivity index (χ1) is 12.1. The number of thioether (sulfide) groups is 1. The molecule has 1 aromatic heterocycles. The van der Waals surface area contributed by atoms with Crippen molar-refractivity contribution in [3.8, 4) is 11.4 Å². The summed E-state index contributed by atoms with van der Waals surface area (Å²) in [6.45, 7) is 6.19. The van der Waals surface area contributed by atoms with Gasteiger partial charge in [-0.3, -0.25) is 9.36 Å². The molecule has 1 saturated heterocycles. The van der Waals surface area contributed by atoms with Gasteiger partial charge < -0.3 is 9.64 Å². The Morgan fingerprint density at radius 1 is 1.24 bits per heavy atom. The van der Waals surface area contributed by atoms with Crippen LogP contribution in [0, 0.1) is 11.8 Å². The first-order valence-corrected chi connectivity index (χ1v) is 9.63. The van der Waals surface area contributed by atoms with Crippen LogP contribution in [0.2, 0.25) is 0 Å². The Morgan fingerprint density at radius 2 is 1.92 bits per heavy atom. The summed E-state index contributed by atoms with van der Waals surface area (Å²) in [5.74, 6) is 2.61. The minimum absolute atomic E-state index is 0.202. The monoisotopic (exact) mass is 359 g/mol. The Labute approximate surface area is 153 Å². The zero-order valence-corrected chi connectivity index (χ0v) is 15.8. The van der Waals surface area contributed by atoms with Crippen molar-refractivity contribution in [2.45, 2.75) is 25.4 Å². The van der Waals surface area contributed by atoms with Crippen LogP contribution in [0.1, 0.15) is 20.3 Å². The molecule has 1 aliphatic rings. The number of aromatic nitrogens is 2. The molecule has 5 nitrogen and oxygen atoms in total. The summed E-state index contributed by atoms with van der Waals surface area (Å²) in [5, 5.41) is 0.830. The fourth-order valence-electron chi connectivity index (χ4n) is 3.42. The van der Waals surface area contributed by atoms with Crippen molar-refractivity contribution in [3.05, 3.63) is 36.7 Å². The Balaban J connectivity index is 1.64. The molecule has 25 heavy (non-hydrogen) atoms. The summed E-state index contributed by atoms with van der Waals surface area (Å²) in [7, 11) is 1.65. The smallest absolute Gasteiger partial charge is 0.233 e. The molecule has 1 fully saturated rings. The van der Waals surface area contributed by atoms with Crippen LogP contribution in [0.25, 0.3) is 5.69 Å². The lowest BCUT2D eigenvalue weighted by Crippen LogP contribution is -2.43. The Kier molecular flexibility index (Phi) is 5.68. The van der Waals surface area contributed by atoms with Crippen molar-refractivity contribution >= 4 is 17.7 Å². The van der Waals surface area contributed by atoms with Gasteiger partial charge >= 0.3 is 0 Å².